The van der Waals surface area contributed by atoms with Crippen LogP contribution in [0.2, 0.25) is 0 Å². The zero-order valence-corrected chi connectivity index (χ0v) is 22.3. The molecule has 0 saturated carbocycles. The molecule has 36 heavy (non-hydrogen) atoms. The average Bonchev–Trinajstić information content (AvgIpc) is 2.88. The van der Waals surface area contributed by atoms with Gasteiger partial charge in [0, 0.05) is 27.4 Å². The number of amides is 2. The van der Waals surface area contributed by atoms with Crippen molar-refractivity contribution in [2.45, 2.75) is 57.0 Å². The summed E-state index contributed by atoms with van der Waals surface area (Å²) in [5.41, 5.74) is -2.17. The standard InChI is InChI=1S/C26H32N2O6S2/c1-5-17(3)21(23(30)31)27-24(32)26(25(33)34,18(4)6-2)28(22(29)19-13-9-7-10-14-19)36-35-20-15-11-8-12-16-20/h7-18,21H,5-6H2,1-4H3,(H,27,32)(H,30,31)(H,33,34). The lowest BCUT2D eigenvalue weighted by Gasteiger charge is -2.42. The first-order valence-corrected chi connectivity index (χ1v) is 13.8. The van der Waals surface area contributed by atoms with Crippen molar-refractivity contribution < 1.29 is 29.4 Å². The molecule has 2 amide bonds. The molecule has 0 fully saturated rings. The Bertz CT molecular complexity index is 1050. The summed E-state index contributed by atoms with van der Waals surface area (Å²) < 4.78 is 0.987. The van der Waals surface area contributed by atoms with Crippen LogP contribution in [-0.4, -0.2) is 49.9 Å². The molecule has 3 N–H and O–H groups in total. The highest BCUT2D eigenvalue weighted by atomic mass is 33.1. The van der Waals surface area contributed by atoms with Crippen molar-refractivity contribution in [3.8, 4) is 0 Å². The summed E-state index contributed by atoms with van der Waals surface area (Å²) >= 11 is 0. The number of nitrogens with zero attached hydrogens (tertiary/aromatic N) is 1. The predicted octanol–water partition coefficient (Wildman–Crippen LogP) is 4.97. The van der Waals surface area contributed by atoms with Gasteiger partial charge in [-0.25, -0.2) is 13.9 Å². The van der Waals surface area contributed by atoms with Crippen LogP contribution in [0.1, 0.15) is 50.9 Å². The van der Waals surface area contributed by atoms with Crippen molar-refractivity contribution >= 4 is 45.5 Å². The Morgan fingerprint density at radius 2 is 1.47 bits per heavy atom. The molecular formula is C26H32N2O6S2. The molecule has 0 aromatic heterocycles. The normalized spacial score (nSPS) is 15.1. The van der Waals surface area contributed by atoms with Gasteiger partial charge in [-0.05, 0) is 41.0 Å². The van der Waals surface area contributed by atoms with E-state index in [2.05, 4.69) is 5.32 Å². The molecule has 4 unspecified atom stereocenters. The molecule has 8 nitrogen and oxygen atoms in total. The topological polar surface area (TPSA) is 124 Å². The van der Waals surface area contributed by atoms with Crippen LogP contribution in [0.5, 0.6) is 0 Å². The Hall–Kier alpha value is -2.98. The minimum atomic E-state index is -2.38. The molecule has 0 spiro atoms. The third-order valence-electron chi connectivity index (χ3n) is 6.24. The maximum atomic E-state index is 13.9. The fourth-order valence-electron chi connectivity index (χ4n) is 3.65. The molecule has 0 radical (unpaired) electrons. The molecule has 2 aromatic rings. The number of carboxylic acid groups (broad SMARTS) is 2. The molecule has 4 atom stereocenters. The van der Waals surface area contributed by atoms with Gasteiger partial charge in [-0.3, -0.25) is 9.59 Å². The average molecular weight is 533 g/mol. The number of hydrogen-bond donors (Lipinski definition) is 3. The molecule has 0 saturated heterocycles. The highest BCUT2D eigenvalue weighted by Gasteiger charge is 2.58. The van der Waals surface area contributed by atoms with Crippen molar-refractivity contribution in [3.05, 3.63) is 66.2 Å². The number of benzene rings is 2. The monoisotopic (exact) mass is 532 g/mol. The summed E-state index contributed by atoms with van der Waals surface area (Å²) in [5, 5.41) is 22.8. The Labute approximate surface area is 219 Å². The van der Waals surface area contributed by atoms with Gasteiger partial charge in [0.1, 0.15) is 6.04 Å². The van der Waals surface area contributed by atoms with Crippen molar-refractivity contribution in [1.82, 2.24) is 9.62 Å². The molecule has 10 heteroatoms. The van der Waals surface area contributed by atoms with E-state index < -0.39 is 47.2 Å². The molecule has 0 bridgehead atoms. The summed E-state index contributed by atoms with van der Waals surface area (Å²) in [4.78, 5) is 53.4. The first-order valence-electron chi connectivity index (χ1n) is 11.7. The molecule has 0 aliphatic heterocycles. The maximum absolute atomic E-state index is 13.9. The van der Waals surface area contributed by atoms with Crippen LogP contribution < -0.4 is 5.32 Å². The zero-order valence-electron chi connectivity index (χ0n) is 20.7. The number of rotatable bonds is 13. The first-order chi connectivity index (χ1) is 17.1. The summed E-state index contributed by atoms with van der Waals surface area (Å²) in [6.07, 6.45) is 0.696. The van der Waals surface area contributed by atoms with Gasteiger partial charge in [0.05, 0.1) is 0 Å². The van der Waals surface area contributed by atoms with E-state index in [1.54, 1.807) is 70.2 Å². The van der Waals surface area contributed by atoms with E-state index in [9.17, 15) is 29.4 Å². The third-order valence-corrected chi connectivity index (χ3v) is 8.63. The Morgan fingerprint density at radius 1 is 0.917 bits per heavy atom. The van der Waals surface area contributed by atoms with Crippen molar-refractivity contribution in [2.75, 3.05) is 0 Å². The number of hydrogen-bond acceptors (Lipinski definition) is 6. The molecule has 0 heterocycles. The summed E-state index contributed by atoms with van der Waals surface area (Å²) in [6.45, 7) is 6.74. The quantitative estimate of drug-likeness (QED) is 0.188. The maximum Gasteiger partial charge on any atom is 0.340 e. The van der Waals surface area contributed by atoms with Crippen LogP contribution in [0.15, 0.2) is 65.6 Å². The lowest BCUT2D eigenvalue weighted by atomic mass is 9.81. The second kappa shape index (κ2) is 13.4. The molecule has 194 valence electrons. The zero-order chi connectivity index (χ0) is 26.9. The number of carboxylic acids is 2. The molecule has 0 aliphatic rings. The van der Waals surface area contributed by atoms with Gasteiger partial charge in [0.2, 0.25) is 5.54 Å². The van der Waals surface area contributed by atoms with Crippen molar-refractivity contribution in [3.63, 3.8) is 0 Å². The van der Waals surface area contributed by atoms with Crippen LogP contribution >= 0.6 is 21.8 Å². The van der Waals surface area contributed by atoms with Crippen LogP contribution in [0.25, 0.3) is 0 Å². The fourth-order valence-corrected chi connectivity index (χ4v) is 6.08. The molecular weight excluding hydrogens is 500 g/mol. The largest absolute Gasteiger partial charge is 0.480 e. The minimum absolute atomic E-state index is 0.206. The van der Waals surface area contributed by atoms with Gasteiger partial charge in [-0.15, -0.1) is 0 Å². The second-order valence-corrected chi connectivity index (χ2v) is 10.6. The number of carbonyl (C=O) groups excluding carboxylic acids is 2. The Morgan fingerprint density at radius 3 is 1.94 bits per heavy atom. The van der Waals surface area contributed by atoms with Gasteiger partial charge in [0.25, 0.3) is 11.8 Å². The van der Waals surface area contributed by atoms with E-state index in [-0.39, 0.29) is 12.0 Å². The van der Waals surface area contributed by atoms with Gasteiger partial charge in [0.15, 0.2) is 0 Å². The summed E-state index contributed by atoms with van der Waals surface area (Å²) in [6, 6.07) is 15.8. The minimum Gasteiger partial charge on any atom is -0.480 e. The third kappa shape index (κ3) is 6.41. The van der Waals surface area contributed by atoms with E-state index in [0.717, 1.165) is 31.0 Å². The van der Waals surface area contributed by atoms with Crippen LogP contribution in [-0.2, 0) is 14.4 Å². The van der Waals surface area contributed by atoms with Gasteiger partial charge >= 0.3 is 11.9 Å². The predicted molar refractivity (Wildman–Crippen MR) is 141 cm³/mol. The van der Waals surface area contributed by atoms with Gasteiger partial charge < -0.3 is 15.5 Å². The fraction of sp³-hybridized carbons (Fsp3) is 0.385. The van der Waals surface area contributed by atoms with Gasteiger partial charge in [-0.2, -0.15) is 0 Å². The molecule has 2 aromatic carbocycles. The lowest BCUT2D eigenvalue weighted by molar-refractivity contribution is -0.159. The summed E-state index contributed by atoms with van der Waals surface area (Å²) in [7, 11) is 1.99. The number of aliphatic carboxylic acids is 2. The lowest BCUT2D eigenvalue weighted by Crippen LogP contribution is -2.68. The number of nitrogens with one attached hydrogen (secondary N) is 1. The van der Waals surface area contributed by atoms with E-state index in [1.807, 2.05) is 18.2 Å². The smallest absolute Gasteiger partial charge is 0.340 e. The highest BCUT2D eigenvalue weighted by Crippen LogP contribution is 2.43. The Balaban J connectivity index is 2.67. The van der Waals surface area contributed by atoms with Gasteiger partial charge in [-0.1, -0.05) is 76.9 Å². The Kier molecular flexibility index (Phi) is 10.9. The van der Waals surface area contributed by atoms with E-state index >= 15 is 0 Å². The van der Waals surface area contributed by atoms with Crippen molar-refractivity contribution in [2.24, 2.45) is 11.8 Å². The SMILES string of the molecule is CCC(C)C(NC(=O)C(C(=O)O)(C(C)CC)N(SSc1ccccc1)C(=O)c1ccccc1)C(=O)O. The summed E-state index contributed by atoms with van der Waals surface area (Å²) in [5.74, 6) is -5.82. The van der Waals surface area contributed by atoms with Crippen LogP contribution in [0.4, 0.5) is 0 Å². The van der Waals surface area contributed by atoms with E-state index in [1.165, 1.54) is 0 Å². The molecule has 2 rings (SSSR count). The first kappa shape index (κ1) is 29.3. The van der Waals surface area contributed by atoms with E-state index in [0.29, 0.717) is 6.42 Å². The number of carbonyl (C=O) groups is 4. The second-order valence-electron chi connectivity index (χ2n) is 8.49. The van der Waals surface area contributed by atoms with Crippen LogP contribution in [0.3, 0.4) is 0 Å². The molecule has 0 aliphatic carbocycles. The van der Waals surface area contributed by atoms with E-state index in [4.69, 9.17) is 0 Å². The highest BCUT2D eigenvalue weighted by molar-refractivity contribution is 8.76. The van der Waals surface area contributed by atoms with Crippen molar-refractivity contribution in [1.29, 1.82) is 0 Å². The van der Waals surface area contributed by atoms with Crippen LogP contribution in [0, 0.1) is 11.8 Å².